The number of carbonyl (C=O) groups is 1. The lowest BCUT2D eigenvalue weighted by molar-refractivity contribution is -0.132. The predicted molar refractivity (Wildman–Crippen MR) is 74.1 cm³/mol. The number of hydrogen-bond acceptors (Lipinski definition) is 3. The van der Waals surface area contributed by atoms with Crippen LogP contribution in [-0.4, -0.2) is 30.7 Å². The highest BCUT2D eigenvalue weighted by Crippen LogP contribution is 2.22. The van der Waals surface area contributed by atoms with Gasteiger partial charge in [-0.25, -0.2) is 0 Å². The SMILES string of the molecule is CC1CCC(C(=O)NC2CNc3ccccc3C2)O1. The summed E-state index contributed by atoms with van der Waals surface area (Å²) in [5, 5.41) is 6.46. The maximum atomic E-state index is 12.1. The van der Waals surface area contributed by atoms with Gasteiger partial charge in [0.15, 0.2) is 0 Å². The summed E-state index contributed by atoms with van der Waals surface area (Å²) in [6.45, 7) is 2.80. The Hall–Kier alpha value is -1.55. The number of para-hydroxylation sites is 1. The molecule has 102 valence electrons. The molecule has 2 heterocycles. The third-order valence-corrected chi connectivity index (χ3v) is 3.89. The highest BCUT2D eigenvalue weighted by Gasteiger charge is 2.30. The van der Waals surface area contributed by atoms with Crippen LogP contribution in [0.3, 0.4) is 0 Å². The topological polar surface area (TPSA) is 50.4 Å². The lowest BCUT2D eigenvalue weighted by atomic mass is 9.99. The molecule has 1 aromatic carbocycles. The van der Waals surface area contributed by atoms with E-state index in [0.29, 0.717) is 0 Å². The molecular formula is C15H20N2O2. The van der Waals surface area contributed by atoms with Gasteiger partial charge in [-0.1, -0.05) is 18.2 Å². The summed E-state index contributed by atoms with van der Waals surface area (Å²) in [4.78, 5) is 12.1. The highest BCUT2D eigenvalue weighted by atomic mass is 16.5. The van der Waals surface area contributed by atoms with Gasteiger partial charge in [-0.05, 0) is 37.8 Å². The molecule has 1 amide bonds. The second-order valence-electron chi connectivity index (χ2n) is 5.46. The Morgan fingerprint density at radius 3 is 3.00 bits per heavy atom. The lowest BCUT2D eigenvalue weighted by Crippen LogP contribution is -2.47. The molecule has 4 nitrogen and oxygen atoms in total. The second kappa shape index (κ2) is 5.21. The maximum absolute atomic E-state index is 12.1. The molecule has 1 saturated heterocycles. The summed E-state index contributed by atoms with van der Waals surface area (Å²) >= 11 is 0. The van der Waals surface area contributed by atoms with Gasteiger partial charge in [-0.15, -0.1) is 0 Å². The van der Waals surface area contributed by atoms with Gasteiger partial charge in [0, 0.05) is 12.2 Å². The molecular weight excluding hydrogens is 240 g/mol. The number of fused-ring (bicyclic) bond motifs is 1. The third kappa shape index (κ3) is 2.73. The Kier molecular flexibility index (Phi) is 3.42. The van der Waals surface area contributed by atoms with E-state index in [4.69, 9.17) is 4.74 Å². The van der Waals surface area contributed by atoms with Crippen LogP contribution in [0.2, 0.25) is 0 Å². The fraction of sp³-hybridized carbons (Fsp3) is 0.533. The van der Waals surface area contributed by atoms with E-state index >= 15 is 0 Å². The smallest absolute Gasteiger partial charge is 0.249 e. The van der Waals surface area contributed by atoms with Crippen LogP contribution in [0.15, 0.2) is 24.3 Å². The summed E-state index contributed by atoms with van der Waals surface area (Å²) in [5.74, 6) is 0.0375. The number of nitrogens with one attached hydrogen (secondary N) is 2. The minimum Gasteiger partial charge on any atom is -0.383 e. The van der Waals surface area contributed by atoms with Crippen molar-refractivity contribution < 1.29 is 9.53 Å². The minimum absolute atomic E-state index is 0.0375. The van der Waals surface area contributed by atoms with Crippen LogP contribution in [0.5, 0.6) is 0 Å². The van der Waals surface area contributed by atoms with Crippen LogP contribution in [0.4, 0.5) is 5.69 Å². The zero-order chi connectivity index (χ0) is 13.2. The number of amides is 1. The number of carbonyl (C=O) groups excluding carboxylic acids is 1. The first-order valence-electron chi connectivity index (χ1n) is 7.00. The third-order valence-electron chi connectivity index (χ3n) is 3.89. The van der Waals surface area contributed by atoms with E-state index in [2.05, 4.69) is 22.8 Å². The zero-order valence-electron chi connectivity index (χ0n) is 11.2. The standard InChI is InChI=1S/C15H20N2O2/c1-10-6-7-14(19-10)15(18)17-12-8-11-4-2-3-5-13(11)16-9-12/h2-5,10,12,14,16H,6-9H2,1H3,(H,17,18). The van der Waals surface area contributed by atoms with E-state index in [9.17, 15) is 4.79 Å². The molecule has 3 unspecified atom stereocenters. The molecule has 2 aliphatic heterocycles. The summed E-state index contributed by atoms with van der Waals surface area (Å²) in [7, 11) is 0. The summed E-state index contributed by atoms with van der Waals surface area (Å²) in [6.07, 6.45) is 2.65. The van der Waals surface area contributed by atoms with Gasteiger partial charge >= 0.3 is 0 Å². The summed E-state index contributed by atoms with van der Waals surface area (Å²) in [5.41, 5.74) is 2.44. The molecule has 4 heteroatoms. The van der Waals surface area contributed by atoms with Gasteiger partial charge in [0.1, 0.15) is 6.10 Å². The van der Waals surface area contributed by atoms with Crippen molar-refractivity contribution in [3.05, 3.63) is 29.8 Å². The lowest BCUT2D eigenvalue weighted by Gasteiger charge is -2.27. The van der Waals surface area contributed by atoms with Crippen molar-refractivity contribution >= 4 is 11.6 Å². The van der Waals surface area contributed by atoms with Crippen molar-refractivity contribution in [2.45, 2.75) is 44.4 Å². The molecule has 0 aromatic heterocycles. The first kappa shape index (κ1) is 12.5. The molecule has 0 radical (unpaired) electrons. The fourth-order valence-corrected chi connectivity index (χ4v) is 2.83. The first-order chi connectivity index (χ1) is 9.22. The van der Waals surface area contributed by atoms with Crippen LogP contribution in [0.25, 0.3) is 0 Å². The van der Waals surface area contributed by atoms with Gasteiger partial charge in [-0.2, -0.15) is 0 Å². The Labute approximate surface area is 113 Å². The summed E-state index contributed by atoms with van der Waals surface area (Å²) in [6, 6.07) is 8.40. The molecule has 0 aliphatic carbocycles. The van der Waals surface area contributed by atoms with Gasteiger partial charge in [0.2, 0.25) is 5.91 Å². The van der Waals surface area contributed by atoms with E-state index in [-0.39, 0.29) is 24.2 Å². The molecule has 0 saturated carbocycles. The zero-order valence-corrected chi connectivity index (χ0v) is 11.2. The van der Waals surface area contributed by atoms with E-state index in [0.717, 1.165) is 25.8 Å². The second-order valence-corrected chi connectivity index (χ2v) is 5.46. The largest absolute Gasteiger partial charge is 0.383 e. The fourth-order valence-electron chi connectivity index (χ4n) is 2.83. The Morgan fingerprint density at radius 1 is 1.37 bits per heavy atom. The number of anilines is 1. The molecule has 0 bridgehead atoms. The van der Waals surface area contributed by atoms with E-state index < -0.39 is 0 Å². The Bertz CT molecular complexity index is 475. The molecule has 3 rings (SSSR count). The number of benzene rings is 1. The van der Waals surface area contributed by atoms with Gasteiger partial charge in [-0.3, -0.25) is 4.79 Å². The quantitative estimate of drug-likeness (QED) is 0.851. The summed E-state index contributed by atoms with van der Waals surface area (Å²) < 4.78 is 5.60. The Balaban J connectivity index is 1.58. The normalized spacial score (nSPS) is 29.4. The number of rotatable bonds is 2. The molecule has 1 fully saturated rings. The van der Waals surface area contributed by atoms with Crippen molar-refractivity contribution in [3.63, 3.8) is 0 Å². The van der Waals surface area contributed by atoms with Crippen LogP contribution in [-0.2, 0) is 16.0 Å². The molecule has 19 heavy (non-hydrogen) atoms. The van der Waals surface area contributed by atoms with Gasteiger partial charge in [0.05, 0.1) is 12.1 Å². The molecule has 1 aromatic rings. The average Bonchev–Trinajstić information content (AvgIpc) is 2.85. The van der Waals surface area contributed by atoms with Crippen LogP contribution >= 0.6 is 0 Å². The van der Waals surface area contributed by atoms with E-state index in [1.165, 1.54) is 11.3 Å². The van der Waals surface area contributed by atoms with Crippen LogP contribution < -0.4 is 10.6 Å². The van der Waals surface area contributed by atoms with Crippen LogP contribution in [0, 0.1) is 0 Å². The van der Waals surface area contributed by atoms with Crippen molar-refractivity contribution in [3.8, 4) is 0 Å². The highest BCUT2D eigenvalue weighted by molar-refractivity contribution is 5.81. The first-order valence-corrected chi connectivity index (χ1v) is 7.00. The number of ether oxygens (including phenoxy) is 1. The van der Waals surface area contributed by atoms with Crippen molar-refractivity contribution in [1.29, 1.82) is 0 Å². The van der Waals surface area contributed by atoms with Crippen LogP contribution in [0.1, 0.15) is 25.3 Å². The molecule has 2 aliphatic rings. The molecule has 0 spiro atoms. The van der Waals surface area contributed by atoms with E-state index in [1.807, 2.05) is 19.1 Å². The monoisotopic (exact) mass is 260 g/mol. The van der Waals surface area contributed by atoms with Gasteiger partial charge < -0.3 is 15.4 Å². The molecule has 3 atom stereocenters. The van der Waals surface area contributed by atoms with Crippen molar-refractivity contribution in [1.82, 2.24) is 5.32 Å². The van der Waals surface area contributed by atoms with Crippen molar-refractivity contribution in [2.75, 3.05) is 11.9 Å². The van der Waals surface area contributed by atoms with Gasteiger partial charge in [0.25, 0.3) is 0 Å². The van der Waals surface area contributed by atoms with Crippen molar-refractivity contribution in [2.24, 2.45) is 0 Å². The Morgan fingerprint density at radius 2 is 2.21 bits per heavy atom. The van der Waals surface area contributed by atoms with E-state index in [1.54, 1.807) is 0 Å². The maximum Gasteiger partial charge on any atom is 0.249 e. The predicted octanol–water partition coefficient (Wildman–Crippen LogP) is 1.71. The molecule has 2 N–H and O–H groups in total. The number of hydrogen-bond donors (Lipinski definition) is 2. The minimum atomic E-state index is -0.257. The average molecular weight is 260 g/mol.